The number of hydrogen-bond acceptors (Lipinski definition) is 2. The van der Waals surface area contributed by atoms with Crippen LogP contribution >= 0.6 is 0 Å². The van der Waals surface area contributed by atoms with Crippen LogP contribution in [0.25, 0.3) is 0 Å². The van der Waals surface area contributed by atoms with Gasteiger partial charge in [0.15, 0.2) is 0 Å². The summed E-state index contributed by atoms with van der Waals surface area (Å²) in [6, 6.07) is 0. The van der Waals surface area contributed by atoms with E-state index in [9.17, 15) is 0 Å². The van der Waals surface area contributed by atoms with Crippen molar-refractivity contribution in [1.82, 2.24) is 0 Å². The van der Waals surface area contributed by atoms with Crippen LogP contribution in [0.15, 0.2) is 12.7 Å². The molecule has 42 valence electrons. The Hall–Kier alpha value is 0.127. The van der Waals surface area contributed by atoms with E-state index in [0.717, 1.165) is 0 Å². The van der Waals surface area contributed by atoms with Crippen LogP contribution in [0.4, 0.5) is 0 Å². The topological polar surface area (TPSA) is 18.5 Å². The molecule has 0 fully saturated rings. The summed E-state index contributed by atoms with van der Waals surface area (Å²) in [7, 11) is 1.57. The predicted molar refractivity (Wildman–Crippen MR) is 27.5 cm³/mol. The zero-order chi connectivity index (χ0) is 5.54. The molecule has 2 nitrogen and oxygen atoms in total. The minimum atomic E-state index is 0. The smallest absolute Gasteiger partial charge is 0.420 e. The second kappa shape index (κ2) is 10.2. The molecule has 0 aliphatic rings. The van der Waals surface area contributed by atoms with Crippen LogP contribution in [-0.4, -0.2) is 13.9 Å². The van der Waals surface area contributed by atoms with E-state index in [1.807, 2.05) is 0 Å². The van der Waals surface area contributed by atoms with Gasteiger partial charge >= 0.3 is 18.9 Å². The third-order valence-electron chi connectivity index (χ3n) is 0.378. The molecule has 0 radical (unpaired) electrons. The van der Waals surface area contributed by atoms with Crippen LogP contribution in [0.2, 0.25) is 0 Å². The van der Waals surface area contributed by atoms with Crippen LogP contribution < -0.4 is 18.9 Å². The van der Waals surface area contributed by atoms with Crippen molar-refractivity contribution in [3.63, 3.8) is 0 Å². The number of rotatable bonds is 4. The maximum absolute atomic E-state index is 4.67. The molecule has 0 aromatic heterocycles. The van der Waals surface area contributed by atoms with Gasteiger partial charge in [-0.25, -0.2) is 12.7 Å². The van der Waals surface area contributed by atoms with Gasteiger partial charge in [-0.05, 0) is 0 Å². The molecule has 0 heterocycles. The molecule has 0 aromatic carbocycles. The zero-order valence-electron chi connectivity index (χ0n) is 5.39. The Morgan fingerprint density at radius 1 is 1.75 bits per heavy atom. The summed E-state index contributed by atoms with van der Waals surface area (Å²) in [6.07, 6.45) is 1.55. The van der Waals surface area contributed by atoms with Gasteiger partial charge in [-0.15, -0.1) is 6.61 Å². The van der Waals surface area contributed by atoms with Crippen LogP contribution in [0.5, 0.6) is 0 Å². The second-order valence-corrected chi connectivity index (χ2v) is 0.945. The maximum atomic E-state index is 4.67. The van der Waals surface area contributed by atoms with Crippen molar-refractivity contribution in [2.45, 2.75) is 0 Å². The van der Waals surface area contributed by atoms with E-state index in [4.69, 9.17) is 0 Å². The molecule has 0 N–H and O–H groups in total. The quantitative estimate of drug-likeness (QED) is 0.179. The molecule has 8 heavy (non-hydrogen) atoms. The van der Waals surface area contributed by atoms with Crippen molar-refractivity contribution in [3.05, 3.63) is 19.3 Å². The van der Waals surface area contributed by atoms with Crippen LogP contribution in [-0.2, 0) is 9.47 Å². The molecular formula is C5H9LiO2. The number of ether oxygens (including phenoxy) is 2. The van der Waals surface area contributed by atoms with Gasteiger partial charge in [-0.1, -0.05) is 0 Å². The largest absolute Gasteiger partial charge is 1.00 e. The zero-order valence-corrected chi connectivity index (χ0v) is 5.39. The molecule has 0 bridgehead atoms. The molecule has 0 spiro atoms. The Balaban J connectivity index is 0. The fraction of sp³-hybridized carbons (Fsp3) is 0.400. The van der Waals surface area contributed by atoms with Crippen molar-refractivity contribution in [2.24, 2.45) is 0 Å². The van der Waals surface area contributed by atoms with Crippen LogP contribution in [0, 0.1) is 6.61 Å². The molecule has 0 aromatic rings. The first kappa shape index (κ1) is 11.0. The SMILES string of the molecule is C=C[CH-]OCOC.[Li+]. The molecule has 0 atom stereocenters. The average Bonchev–Trinajstić information content (AvgIpc) is 1.69. The van der Waals surface area contributed by atoms with Gasteiger partial charge < -0.3 is 9.47 Å². The molecular weight excluding hydrogens is 99.0 g/mol. The van der Waals surface area contributed by atoms with E-state index in [1.165, 1.54) is 6.61 Å². The van der Waals surface area contributed by atoms with Gasteiger partial charge in [0.05, 0.1) is 0 Å². The molecule has 0 amide bonds. The van der Waals surface area contributed by atoms with E-state index in [-0.39, 0.29) is 18.9 Å². The summed E-state index contributed by atoms with van der Waals surface area (Å²) in [4.78, 5) is 0. The fourth-order valence-electron chi connectivity index (χ4n) is 0.175. The van der Waals surface area contributed by atoms with Crippen LogP contribution in [0.3, 0.4) is 0 Å². The fourth-order valence-corrected chi connectivity index (χ4v) is 0.175. The second-order valence-electron chi connectivity index (χ2n) is 0.945. The Morgan fingerprint density at radius 3 is 2.75 bits per heavy atom. The van der Waals surface area contributed by atoms with Crippen molar-refractivity contribution in [1.29, 1.82) is 0 Å². The van der Waals surface area contributed by atoms with Crippen molar-refractivity contribution >= 4 is 0 Å². The van der Waals surface area contributed by atoms with Gasteiger partial charge in [0.25, 0.3) is 0 Å². The van der Waals surface area contributed by atoms with Gasteiger partial charge in [0, 0.05) is 7.11 Å². The average molecular weight is 108 g/mol. The third-order valence-corrected chi connectivity index (χ3v) is 0.378. The number of methoxy groups -OCH3 is 1. The minimum absolute atomic E-state index is 0. The summed E-state index contributed by atoms with van der Waals surface area (Å²) in [5.41, 5.74) is 0. The van der Waals surface area contributed by atoms with Crippen molar-refractivity contribution in [3.8, 4) is 0 Å². The van der Waals surface area contributed by atoms with Crippen molar-refractivity contribution in [2.75, 3.05) is 13.9 Å². The van der Waals surface area contributed by atoms with Gasteiger partial charge in [-0.2, -0.15) is 0 Å². The molecule has 0 saturated heterocycles. The molecule has 0 aliphatic carbocycles. The molecule has 0 rings (SSSR count). The summed E-state index contributed by atoms with van der Waals surface area (Å²) in [6.45, 7) is 5.17. The maximum Gasteiger partial charge on any atom is 1.00 e. The van der Waals surface area contributed by atoms with E-state index < -0.39 is 0 Å². The predicted octanol–water partition coefficient (Wildman–Crippen LogP) is -2.04. The first-order chi connectivity index (χ1) is 3.41. The van der Waals surface area contributed by atoms with Gasteiger partial charge in [-0.3, -0.25) is 0 Å². The van der Waals surface area contributed by atoms with E-state index in [1.54, 1.807) is 13.2 Å². The summed E-state index contributed by atoms with van der Waals surface area (Å²) in [5, 5.41) is 0. The normalized spacial score (nSPS) is 7.12. The Bertz CT molecular complexity index is 47.7. The first-order valence-corrected chi connectivity index (χ1v) is 1.96. The minimum Gasteiger partial charge on any atom is -0.420 e. The standard InChI is InChI=1S/C5H9O2.Li/c1-3-4-7-5-6-2;/h3-4H,1,5H2,2H3;/q-1;+1. The molecule has 3 heteroatoms. The summed E-state index contributed by atoms with van der Waals surface area (Å²) < 4.78 is 9.21. The Morgan fingerprint density at radius 2 is 2.38 bits per heavy atom. The van der Waals surface area contributed by atoms with Crippen molar-refractivity contribution < 1.29 is 28.3 Å². The molecule has 0 aliphatic heterocycles. The Labute approximate surface area is 62.0 Å². The van der Waals surface area contributed by atoms with Gasteiger partial charge in [0.1, 0.15) is 6.79 Å². The molecule has 0 saturated carbocycles. The van der Waals surface area contributed by atoms with Crippen LogP contribution in [0.1, 0.15) is 0 Å². The van der Waals surface area contributed by atoms with Gasteiger partial charge in [0.2, 0.25) is 0 Å². The first-order valence-electron chi connectivity index (χ1n) is 1.96. The molecule has 0 unspecified atom stereocenters. The third kappa shape index (κ3) is 9.46. The monoisotopic (exact) mass is 108 g/mol. The van der Waals surface area contributed by atoms with E-state index in [0.29, 0.717) is 6.79 Å². The van der Waals surface area contributed by atoms with E-state index >= 15 is 0 Å². The van der Waals surface area contributed by atoms with E-state index in [2.05, 4.69) is 16.1 Å². The summed E-state index contributed by atoms with van der Waals surface area (Å²) >= 11 is 0. The summed E-state index contributed by atoms with van der Waals surface area (Å²) in [5.74, 6) is 0. The number of hydrogen-bond donors (Lipinski definition) is 0. The Kier molecular flexibility index (Phi) is 14.0.